The van der Waals surface area contributed by atoms with Crippen molar-refractivity contribution in [1.82, 2.24) is 10.2 Å². The van der Waals surface area contributed by atoms with Crippen LogP contribution in [0.5, 0.6) is 0 Å². The van der Waals surface area contributed by atoms with E-state index in [2.05, 4.69) is 5.32 Å². The van der Waals surface area contributed by atoms with Crippen LogP contribution in [0.2, 0.25) is 0 Å². The van der Waals surface area contributed by atoms with E-state index in [0.717, 1.165) is 21.0 Å². The summed E-state index contributed by atoms with van der Waals surface area (Å²) in [6.45, 7) is 8.83. The van der Waals surface area contributed by atoms with Gasteiger partial charge in [-0.15, -0.1) is 0 Å². The molecular weight excluding hydrogens is 486 g/mol. The van der Waals surface area contributed by atoms with Crippen LogP contribution in [0.4, 0.5) is 5.69 Å². The van der Waals surface area contributed by atoms with Crippen LogP contribution in [0.15, 0.2) is 83.8 Å². The molecule has 0 aliphatic carbocycles. The second-order valence-corrected chi connectivity index (χ2v) is 11.4. The van der Waals surface area contributed by atoms with E-state index in [-0.39, 0.29) is 23.4 Å². The molecule has 8 heteroatoms. The summed E-state index contributed by atoms with van der Waals surface area (Å²) >= 11 is 0. The monoisotopic (exact) mass is 521 g/mol. The van der Waals surface area contributed by atoms with Crippen molar-refractivity contribution in [3.05, 3.63) is 95.6 Å². The number of carbonyl (C=O) groups is 2. The third-order valence-electron chi connectivity index (χ3n) is 5.90. The average molecular weight is 522 g/mol. The first-order valence-electron chi connectivity index (χ1n) is 12.3. The molecule has 3 aromatic rings. The normalized spacial score (nSPS) is 12.2. The van der Waals surface area contributed by atoms with Gasteiger partial charge in [-0.25, -0.2) is 8.42 Å². The fourth-order valence-electron chi connectivity index (χ4n) is 4.11. The Kier molecular flexibility index (Phi) is 9.10. The van der Waals surface area contributed by atoms with Crippen molar-refractivity contribution in [2.75, 3.05) is 10.8 Å². The van der Waals surface area contributed by atoms with Gasteiger partial charge in [-0.3, -0.25) is 13.9 Å². The van der Waals surface area contributed by atoms with Crippen molar-refractivity contribution >= 4 is 27.5 Å². The molecule has 0 saturated carbocycles. The van der Waals surface area contributed by atoms with Crippen LogP contribution in [0, 0.1) is 13.8 Å². The van der Waals surface area contributed by atoms with E-state index in [1.54, 1.807) is 37.3 Å². The number of amides is 2. The van der Waals surface area contributed by atoms with Gasteiger partial charge in [0.25, 0.3) is 10.0 Å². The molecule has 0 fully saturated rings. The smallest absolute Gasteiger partial charge is 0.264 e. The first-order valence-corrected chi connectivity index (χ1v) is 13.7. The summed E-state index contributed by atoms with van der Waals surface area (Å²) in [5.74, 6) is -0.780. The van der Waals surface area contributed by atoms with Crippen molar-refractivity contribution in [3.63, 3.8) is 0 Å². The topological polar surface area (TPSA) is 86.8 Å². The highest BCUT2D eigenvalue weighted by Gasteiger charge is 2.32. The van der Waals surface area contributed by atoms with Crippen molar-refractivity contribution in [2.45, 2.75) is 58.1 Å². The third-order valence-corrected chi connectivity index (χ3v) is 7.69. The Morgan fingerprint density at radius 1 is 0.838 bits per heavy atom. The summed E-state index contributed by atoms with van der Waals surface area (Å²) in [4.78, 5) is 28.3. The van der Waals surface area contributed by atoms with E-state index in [1.165, 1.54) is 17.0 Å². The van der Waals surface area contributed by atoms with Gasteiger partial charge in [0.2, 0.25) is 11.8 Å². The Morgan fingerprint density at radius 3 is 1.92 bits per heavy atom. The molecule has 37 heavy (non-hydrogen) atoms. The Morgan fingerprint density at radius 2 is 1.38 bits per heavy atom. The minimum absolute atomic E-state index is 0.0853. The fraction of sp³-hybridized carbons (Fsp3) is 0.310. The second kappa shape index (κ2) is 12.1. The minimum Gasteiger partial charge on any atom is -0.352 e. The average Bonchev–Trinajstić information content (AvgIpc) is 2.85. The molecule has 0 aliphatic rings. The Hall–Kier alpha value is -3.65. The maximum atomic E-state index is 13.9. The van der Waals surface area contributed by atoms with Crippen LogP contribution in [-0.4, -0.2) is 43.8 Å². The fourth-order valence-corrected chi connectivity index (χ4v) is 5.53. The van der Waals surface area contributed by atoms with Crippen LogP contribution in [0.3, 0.4) is 0 Å². The Labute approximate surface area is 220 Å². The first-order chi connectivity index (χ1) is 17.5. The van der Waals surface area contributed by atoms with Gasteiger partial charge < -0.3 is 10.2 Å². The zero-order chi connectivity index (χ0) is 27.2. The highest BCUT2D eigenvalue weighted by Crippen LogP contribution is 2.26. The molecule has 0 aromatic heterocycles. The van der Waals surface area contributed by atoms with Crippen LogP contribution in [0.25, 0.3) is 0 Å². The van der Waals surface area contributed by atoms with Gasteiger partial charge in [-0.1, -0.05) is 54.6 Å². The summed E-state index contributed by atoms with van der Waals surface area (Å²) in [7, 11) is -4.07. The summed E-state index contributed by atoms with van der Waals surface area (Å²) in [5, 5.41) is 2.85. The molecule has 0 heterocycles. The van der Waals surface area contributed by atoms with Gasteiger partial charge in [-0.2, -0.15) is 0 Å². The summed E-state index contributed by atoms with van der Waals surface area (Å²) in [6.07, 6.45) is 0. The molecule has 0 saturated heterocycles. The number of nitrogens with one attached hydrogen (secondary N) is 1. The van der Waals surface area contributed by atoms with Gasteiger partial charge in [0.15, 0.2) is 0 Å². The molecule has 2 amide bonds. The largest absolute Gasteiger partial charge is 0.352 e. The molecule has 0 unspecified atom stereocenters. The lowest BCUT2D eigenvalue weighted by Gasteiger charge is -2.32. The van der Waals surface area contributed by atoms with Gasteiger partial charge >= 0.3 is 0 Å². The van der Waals surface area contributed by atoms with E-state index in [0.29, 0.717) is 5.69 Å². The molecule has 196 valence electrons. The van der Waals surface area contributed by atoms with Crippen LogP contribution >= 0.6 is 0 Å². The predicted molar refractivity (Wildman–Crippen MR) is 147 cm³/mol. The van der Waals surface area contributed by atoms with Crippen molar-refractivity contribution in [1.29, 1.82) is 0 Å². The summed E-state index contributed by atoms with van der Waals surface area (Å²) in [6, 6.07) is 21.9. The number of sulfonamides is 1. The second-order valence-electron chi connectivity index (χ2n) is 9.52. The SMILES string of the molecule is Cc1cc(C)cc(N(CC(=O)N(Cc2ccccc2)[C@H](C)C(=O)NC(C)C)S(=O)(=O)c2ccccc2)c1. The lowest BCUT2D eigenvalue weighted by Crippen LogP contribution is -2.52. The molecule has 0 radical (unpaired) electrons. The van der Waals surface area contributed by atoms with Gasteiger partial charge in [0.1, 0.15) is 12.6 Å². The third kappa shape index (κ3) is 7.20. The predicted octanol–water partition coefficient (Wildman–Crippen LogP) is 4.44. The summed E-state index contributed by atoms with van der Waals surface area (Å²) in [5.41, 5.74) is 2.99. The Bertz CT molecular complexity index is 1310. The first kappa shape index (κ1) is 27.9. The maximum absolute atomic E-state index is 13.9. The van der Waals surface area contributed by atoms with Crippen molar-refractivity contribution < 1.29 is 18.0 Å². The van der Waals surface area contributed by atoms with E-state index in [4.69, 9.17) is 0 Å². The number of nitrogens with zero attached hydrogens (tertiary/aromatic N) is 2. The molecule has 1 N–H and O–H groups in total. The molecule has 7 nitrogen and oxygen atoms in total. The number of aryl methyl sites for hydroxylation is 2. The summed E-state index contributed by atoms with van der Waals surface area (Å²) < 4.78 is 28.7. The maximum Gasteiger partial charge on any atom is 0.264 e. The molecule has 0 spiro atoms. The highest BCUT2D eigenvalue weighted by molar-refractivity contribution is 7.92. The number of benzene rings is 3. The zero-order valence-electron chi connectivity index (χ0n) is 22.0. The molecule has 0 aliphatic heterocycles. The van der Waals surface area contributed by atoms with Gasteiger partial charge in [0, 0.05) is 12.6 Å². The van der Waals surface area contributed by atoms with Crippen molar-refractivity contribution in [2.24, 2.45) is 0 Å². The van der Waals surface area contributed by atoms with E-state index in [1.807, 2.05) is 64.1 Å². The lowest BCUT2D eigenvalue weighted by atomic mass is 10.1. The number of carbonyl (C=O) groups excluding carboxylic acids is 2. The number of hydrogen-bond donors (Lipinski definition) is 1. The highest BCUT2D eigenvalue weighted by atomic mass is 32.2. The number of hydrogen-bond acceptors (Lipinski definition) is 4. The Balaban J connectivity index is 2.04. The van der Waals surface area contributed by atoms with Gasteiger partial charge in [0.05, 0.1) is 10.6 Å². The minimum atomic E-state index is -4.07. The van der Waals surface area contributed by atoms with Crippen LogP contribution in [-0.2, 0) is 26.2 Å². The quantitative estimate of drug-likeness (QED) is 0.427. The number of rotatable bonds is 10. The van der Waals surface area contributed by atoms with E-state index >= 15 is 0 Å². The lowest BCUT2D eigenvalue weighted by molar-refractivity contribution is -0.139. The van der Waals surface area contributed by atoms with Crippen LogP contribution < -0.4 is 9.62 Å². The molecule has 3 aromatic carbocycles. The molecule has 1 atom stereocenters. The zero-order valence-corrected chi connectivity index (χ0v) is 22.8. The molecule has 3 rings (SSSR count). The molecule has 0 bridgehead atoms. The van der Waals surface area contributed by atoms with E-state index < -0.39 is 28.5 Å². The van der Waals surface area contributed by atoms with Crippen LogP contribution in [0.1, 0.15) is 37.5 Å². The van der Waals surface area contributed by atoms with E-state index in [9.17, 15) is 18.0 Å². The van der Waals surface area contributed by atoms with Gasteiger partial charge in [-0.05, 0) is 75.6 Å². The number of anilines is 1. The molecular formula is C29H35N3O4S. The van der Waals surface area contributed by atoms with Crippen molar-refractivity contribution in [3.8, 4) is 0 Å². The standard InChI is InChI=1S/C29H35N3O4S/c1-21(2)30-29(34)24(5)31(19-25-12-8-6-9-13-25)28(33)20-32(26-17-22(3)16-23(4)18-26)37(35,36)27-14-10-7-11-15-27/h6-18,21,24H,19-20H2,1-5H3,(H,30,34)/t24-/m1/s1.